The molecule has 2 unspecified atom stereocenters. The van der Waals surface area contributed by atoms with Crippen molar-refractivity contribution in [1.29, 1.82) is 0 Å². The van der Waals surface area contributed by atoms with Crippen molar-refractivity contribution in [2.75, 3.05) is 27.2 Å². The van der Waals surface area contributed by atoms with Gasteiger partial charge in [0.05, 0.1) is 11.6 Å². The highest BCUT2D eigenvalue weighted by Gasteiger charge is 2.46. The van der Waals surface area contributed by atoms with E-state index in [1.165, 1.54) is 17.0 Å². The quantitative estimate of drug-likeness (QED) is 0.438. The maximum Gasteiger partial charge on any atom is 0.295 e. The summed E-state index contributed by atoms with van der Waals surface area (Å²) < 4.78 is 5.72. The lowest BCUT2D eigenvalue weighted by Crippen LogP contribution is -2.35. The van der Waals surface area contributed by atoms with Crippen LogP contribution in [0.2, 0.25) is 0 Å². The van der Waals surface area contributed by atoms with Gasteiger partial charge in [0.2, 0.25) is 0 Å². The second kappa shape index (κ2) is 8.07. The Morgan fingerprint density at radius 1 is 1.19 bits per heavy atom. The monoisotopic (exact) mass is 422 g/mol. The Kier molecular flexibility index (Phi) is 5.45. The number of ether oxygens (including phenoxy) is 1. The van der Waals surface area contributed by atoms with Crippen LogP contribution in [0.4, 0.5) is 0 Å². The molecule has 0 aliphatic carbocycles. The highest BCUT2D eigenvalue weighted by molar-refractivity contribution is 6.46. The van der Waals surface area contributed by atoms with Gasteiger partial charge in [-0.25, -0.2) is 0 Å². The first kappa shape index (κ1) is 20.9. The lowest BCUT2D eigenvalue weighted by Gasteiger charge is -2.26. The highest BCUT2D eigenvalue weighted by Crippen LogP contribution is 2.41. The molecule has 2 heterocycles. The smallest absolute Gasteiger partial charge is 0.295 e. The number of nitrogens with zero attached hydrogens (tertiary/aromatic N) is 2. The number of ketones is 1. The van der Waals surface area contributed by atoms with E-state index in [9.17, 15) is 19.8 Å². The van der Waals surface area contributed by atoms with Crippen molar-refractivity contribution in [2.45, 2.75) is 25.5 Å². The van der Waals surface area contributed by atoms with Crippen molar-refractivity contribution in [1.82, 2.24) is 9.80 Å². The lowest BCUT2D eigenvalue weighted by molar-refractivity contribution is -0.140. The fourth-order valence-electron chi connectivity index (χ4n) is 4.18. The van der Waals surface area contributed by atoms with E-state index in [1.807, 2.05) is 25.9 Å². The molecule has 0 aromatic heterocycles. The summed E-state index contributed by atoms with van der Waals surface area (Å²) in [7, 11) is 3.76. The van der Waals surface area contributed by atoms with Gasteiger partial charge in [0, 0.05) is 25.1 Å². The Bertz CT molecular complexity index is 1080. The first-order valence-corrected chi connectivity index (χ1v) is 10.3. The number of likely N-dealkylation sites (tertiary alicyclic amines) is 1. The molecule has 0 radical (unpaired) electrons. The molecule has 162 valence electrons. The third kappa shape index (κ3) is 3.88. The summed E-state index contributed by atoms with van der Waals surface area (Å²) in [5, 5.41) is 21.2. The van der Waals surface area contributed by atoms with E-state index >= 15 is 0 Å². The van der Waals surface area contributed by atoms with Crippen LogP contribution >= 0.6 is 0 Å². The van der Waals surface area contributed by atoms with Crippen molar-refractivity contribution >= 4 is 17.4 Å². The average molecular weight is 422 g/mol. The van der Waals surface area contributed by atoms with Crippen LogP contribution in [-0.2, 0) is 16.0 Å². The molecule has 0 bridgehead atoms. The van der Waals surface area contributed by atoms with Crippen molar-refractivity contribution in [2.24, 2.45) is 0 Å². The Hall–Kier alpha value is -3.32. The van der Waals surface area contributed by atoms with Crippen LogP contribution in [0.5, 0.6) is 11.5 Å². The van der Waals surface area contributed by atoms with Crippen LogP contribution in [0.3, 0.4) is 0 Å². The fourth-order valence-corrected chi connectivity index (χ4v) is 4.18. The van der Waals surface area contributed by atoms with Crippen molar-refractivity contribution < 1.29 is 24.5 Å². The van der Waals surface area contributed by atoms with Crippen molar-refractivity contribution in [3.05, 3.63) is 64.7 Å². The van der Waals surface area contributed by atoms with Crippen molar-refractivity contribution in [3.63, 3.8) is 0 Å². The number of carbonyl (C=O) groups is 2. The number of phenolic OH excluding ortho intramolecular Hbond substituents is 1. The summed E-state index contributed by atoms with van der Waals surface area (Å²) in [4.78, 5) is 29.3. The van der Waals surface area contributed by atoms with E-state index in [4.69, 9.17) is 4.74 Å². The summed E-state index contributed by atoms with van der Waals surface area (Å²) >= 11 is 0. The maximum absolute atomic E-state index is 13.0. The molecule has 4 rings (SSSR count). The van der Waals surface area contributed by atoms with Crippen molar-refractivity contribution in [3.8, 4) is 11.5 Å². The van der Waals surface area contributed by atoms with E-state index in [-0.39, 0.29) is 23.2 Å². The number of rotatable bonds is 5. The second-order valence-corrected chi connectivity index (χ2v) is 8.35. The molecule has 2 atom stereocenters. The number of carbonyl (C=O) groups excluding carboxylic acids is 2. The molecular weight excluding hydrogens is 396 g/mol. The minimum atomic E-state index is -0.782. The van der Waals surface area contributed by atoms with Crippen LogP contribution in [0.25, 0.3) is 5.76 Å². The van der Waals surface area contributed by atoms with Gasteiger partial charge >= 0.3 is 0 Å². The van der Waals surface area contributed by atoms with E-state index in [2.05, 4.69) is 0 Å². The largest absolute Gasteiger partial charge is 0.508 e. The zero-order chi connectivity index (χ0) is 22.3. The number of aromatic hydroxyl groups is 1. The Morgan fingerprint density at radius 2 is 1.97 bits per heavy atom. The Balaban J connectivity index is 1.82. The van der Waals surface area contributed by atoms with Gasteiger partial charge in [0.25, 0.3) is 11.7 Å². The molecule has 2 N–H and O–H groups in total. The molecule has 1 fully saturated rings. The third-order valence-electron chi connectivity index (χ3n) is 5.68. The van der Waals surface area contributed by atoms with E-state index in [0.29, 0.717) is 30.6 Å². The summed E-state index contributed by atoms with van der Waals surface area (Å²) in [5.41, 5.74) is 2.01. The minimum Gasteiger partial charge on any atom is -0.508 e. The molecule has 2 aliphatic heterocycles. The van der Waals surface area contributed by atoms with Gasteiger partial charge in [0.15, 0.2) is 0 Å². The summed E-state index contributed by atoms with van der Waals surface area (Å²) in [6.07, 6.45) is 0.764. The van der Waals surface area contributed by atoms with Crippen LogP contribution < -0.4 is 4.74 Å². The van der Waals surface area contributed by atoms with E-state index < -0.39 is 17.7 Å². The second-order valence-electron chi connectivity index (χ2n) is 8.35. The Morgan fingerprint density at radius 3 is 2.68 bits per heavy atom. The van der Waals surface area contributed by atoms with Gasteiger partial charge in [-0.2, -0.15) is 0 Å². The number of Topliss-reactive ketones (excluding diaryl/α,β-unsaturated/α-hetero) is 1. The highest BCUT2D eigenvalue weighted by atomic mass is 16.5. The topological polar surface area (TPSA) is 90.3 Å². The number of hydrogen-bond donors (Lipinski definition) is 2. The van der Waals surface area contributed by atoms with Gasteiger partial charge < -0.3 is 24.7 Å². The zero-order valence-electron chi connectivity index (χ0n) is 17.8. The standard InChI is InChI=1S/C24H26N2O5/c1-14-11-17-12-16(7-8-19(17)31-14)22(28)20-21(15-5-4-6-18(27)13-15)26(10-9-25(2)3)24(30)23(20)29/h4-8,12-14,21,27-28H,9-11H2,1-3H3/b22-20-. The van der Waals surface area contributed by atoms with Gasteiger partial charge in [-0.05, 0) is 62.5 Å². The molecule has 7 nitrogen and oxygen atoms in total. The first-order chi connectivity index (χ1) is 14.8. The number of hydrogen-bond acceptors (Lipinski definition) is 6. The fraction of sp³-hybridized carbons (Fsp3) is 0.333. The third-order valence-corrected chi connectivity index (χ3v) is 5.68. The number of amides is 1. The van der Waals surface area contributed by atoms with Crippen LogP contribution in [0, 0.1) is 0 Å². The predicted octanol–water partition coefficient (Wildman–Crippen LogP) is 2.70. The van der Waals surface area contributed by atoms with Crippen LogP contribution in [0.1, 0.15) is 29.7 Å². The average Bonchev–Trinajstić information content (AvgIpc) is 3.22. The van der Waals surface area contributed by atoms with Crippen LogP contribution in [-0.4, -0.2) is 65.0 Å². The molecule has 1 saturated heterocycles. The molecule has 7 heteroatoms. The minimum absolute atomic E-state index is 0.0272. The zero-order valence-corrected chi connectivity index (χ0v) is 17.8. The predicted molar refractivity (Wildman–Crippen MR) is 116 cm³/mol. The number of likely N-dealkylation sites (N-methyl/N-ethyl adjacent to an activating group) is 1. The lowest BCUT2D eigenvalue weighted by atomic mass is 9.94. The van der Waals surface area contributed by atoms with Crippen LogP contribution in [0.15, 0.2) is 48.0 Å². The molecule has 2 aromatic carbocycles. The van der Waals surface area contributed by atoms with E-state index in [0.717, 1.165) is 11.3 Å². The molecule has 0 spiro atoms. The molecule has 1 amide bonds. The Labute approximate surface area is 181 Å². The number of phenols is 1. The van der Waals surface area contributed by atoms with Gasteiger partial charge in [-0.3, -0.25) is 9.59 Å². The molecular formula is C24H26N2O5. The number of aliphatic hydroxyl groups excluding tert-OH is 1. The first-order valence-electron chi connectivity index (χ1n) is 10.3. The summed E-state index contributed by atoms with van der Waals surface area (Å²) in [6, 6.07) is 10.9. The molecule has 2 aromatic rings. The molecule has 2 aliphatic rings. The van der Waals surface area contributed by atoms with E-state index in [1.54, 1.807) is 30.3 Å². The van der Waals surface area contributed by atoms with Gasteiger partial charge in [-0.1, -0.05) is 12.1 Å². The SMILES string of the molecule is CC1Cc2cc(/C(O)=C3/C(=O)C(=O)N(CCN(C)C)C3c3cccc(O)c3)ccc2O1. The number of benzene rings is 2. The van der Waals surface area contributed by atoms with Gasteiger partial charge in [-0.15, -0.1) is 0 Å². The molecule has 31 heavy (non-hydrogen) atoms. The normalized spacial score (nSPS) is 22.1. The summed E-state index contributed by atoms with van der Waals surface area (Å²) in [5.74, 6) is -0.814. The maximum atomic E-state index is 13.0. The van der Waals surface area contributed by atoms with Gasteiger partial charge in [0.1, 0.15) is 23.4 Å². The molecule has 0 saturated carbocycles. The number of aliphatic hydroxyl groups is 1. The summed E-state index contributed by atoms with van der Waals surface area (Å²) in [6.45, 7) is 2.83. The number of fused-ring (bicyclic) bond motifs is 1.